The van der Waals surface area contributed by atoms with Crippen molar-refractivity contribution in [3.63, 3.8) is 0 Å². The zero-order chi connectivity index (χ0) is 27.4. The van der Waals surface area contributed by atoms with Crippen molar-refractivity contribution in [3.05, 3.63) is 75.2 Å². The van der Waals surface area contributed by atoms with Gasteiger partial charge in [-0.2, -0.15) is 4.31 Å². The van der Waals surface area contributed by atoms with E-state index in [1.165, 1.54) is 42.1 Å². The van der Waals surface area contributed by atoms with Crippen LogP contribution in [0.15, 0.2) is 53.7 Å². The molecule has 0 saturated carbocycles. The molecule has 0 N–H and O–H groups in total. The van der Waals surface area contributed by atoms with Crippen LogP contribution in [0.3, 0.4) is 0 Å². The molecule has 1 unspecified atom stereocenters. The van der Waals surface area contributed by atoms with E-state index in [2.05, 4.69) is 4.98 Å². The number of fused-ring (bicyclic) bond motifs is 1. The van der Waals surface area contributed by atoms with E-state index in [4.69, 9.17) is 9.47 Å². The number of benzene rings is 1. The van der Waals surface area contributed by atoms with Crippen LogP contribution >= 0.6 is 11.3 Å². The Morgan fingerprint density at radius 3 is 2.71 bits per heavy atom. The molecule has 0 bridgehead atoms. The smallest absolute Gasteiger partial charge is 0.306 e. The van der Waals surface area contributed by atoms with Gasteiger partial charge < -0.3 is 9.47 Å². The Hall–Kier alpha value is -3.08. The lowest BCUT2D eigenvalue weighted by atomic mass is 9.91. The number of ketones is 1. The molecule has 38 heavy (non-hydrogen) atoms. The van der Waals surface area contributed by atoms with Crippen LogP contribution in [0.5, 0.6) is 5.75 Å². The van der Waals surface area contributed by atoms with Crippen molar-refractivity contribution >= 4 is 33.1 Å². The van der Waals surface area contributed by atoms with Gasteiger partial charge in [-0.3, -0.25) is 14.6 Å². The molecule has 0 spiro atoms. The minimum atomic E-state index is -3.86. The summed E-state index contributed by atoms with van der Waals surface area (Å²) < 4.78 is 39.9. The number of carbonyl (C=O) groups is 2. The number of pyridine rings is 1. The fraction of sp³-hybridized carbons (Fsp3) is 0.393. The van der Waals surface area contributed by atoms with Gasteiger partial charge in [0.25, 0.3) is 0 Å². The van der Waals surface area contributed by atoms with Gasteiger partial charge >= 0.3 is 5.97 Å². The molecule has 1 aliphatic rings. The van der Waals surface area contributed by atoms with Crippen molar-refractivity contribution in [2.24, 2.45) is 0 Å². The second-order valence-corrected chi connectivity index (χ2v) is 12.4. The molecule has 2 aromatic heterocycles. The molecule has 10 heteroatoms. The maximum absolute atomic E-state index is 13.7. The molecule has 0 radical (unpaired) electrons. The van der Waals surface area contributed by atoms with E-state index in [0.717, 1.165) is 28.0 Å². The SMILES string of the molecule is CCC[C@@H]1CN(Cc2cc(C(CC(=O)OC)c3ccc(C(C)=O)s3)ccc2C)S(=O)(=O)c2cnccc2O1. The lowest BCUT2D eigenvalue weighted by Gasteiger charge is -2.24. The Morgan fingerprint density at radius 2 is 2.03 bits per heavy atom. The van der Waals surface area contributed by atoms with E-state index in [9.17, 15) is 18.0 Å². The quantitative estimate of drug-likeness (QED) is 0.267. The number of thiophene rings is 1. The predicted molar refractivity (Wildman–Crippen MR) is 145 cm³/mol. The Balaban J connectivity index is 1.73. The van der Waals surface area contributed by atoms with Gasteiger partial charge in [0.2, 0.25) is 10.0 Å². The minimum Gasteiger partial charge on any atom is -0.488 e. The minimum absolute atomic E-state index is 0.0346. The third-order valence-corrected chi connectivity index (χ3v) is 9.83. The number of aryl methyl sites for hydroxylation is 1. The van der Waals surface area contributed by atoms with Crippen LogP contribution in [0.1, 0.15) is 70.3 Å². The van der Waals surface area contributed by atoms with Crippen molar-refractivity contribution < 1.29 is 27.5 Å². The zero-order valence-corrected chi connectivity index (χ0v) is 23.6. The van der Waals surface area contributed by atoms with E-state index in [1.807, 2.05) is 38.1 Å². The van der Waals surface area contributed by atoms with Crippen molar-refractivity contribution in [3.8, 4) is 5.75 Å². The summed E-state index contributed by atoms with van der Waals surface area (Å²) in [7, 11) is -2.52. The molecule has 202 valence electrons. The summed E-state index contributed by atoms with van der Waals surface area (Å²) >= 11 is 1.36. The third kappa shape index (κ3) is 5.98. The zero-order valence-electron chi connectivity index (χ0n) is 22.0. The average molecular weight is 557 g/mol. The van der Waals surface area contributed by atoms with Crippen molar-refractivity contribution in [2.45, 2.75) is 63.5 Å². The Labute approximate surface area is 227 Å². The molecule has 1 aromatic carbocycles. The van der Waals surface area contributed by atoms with Gasteiger partial charge in [-0.1, -0.05) is 31.5 Å². The molecular weight excluding hydrogens is 524 g/mol. The van der Waals surface area contributed by atoms with Crippen LogP contribution in [-0.4, -0.2) is 49.2 Å². The molecule has 0 fully saturated rings. The summed E-state index contributed by atoms with van der Waals surface area (Å²) in [5, 5.41) is 0. The second-order valence-electron chi connectivity index (χ2n) is 9.43. The van der Waals surface area contributed by atoms with Gasteiger partial charge in [-0.15, -0.1) is 11.3 Å². The molecule has 0 amide bonds. The van der Waals surface area contributed by atoms with Gasteiger partial charge in [0.15, 0.2) is 5.78 Å². The summed E-state index contributed by atoms with van der Waals surface area (Å²) in [6, 6.07) is 11.1. The van der Waals surface area contributed by atoms with Crippen LogP contribution in [-0.2, 0) is 26.1 Å². The van der Waals surface area contributed by atoms with E-state index in [0.29, 0.717) is 17.0 Å². The summed E-state index contributed by atoms with van der Waals surface area (Å²) in [5.41, 5.74) is 2.61. The molecule has 0 saturated heterocycles. The van der Waals surface area contributed by atoms with Crippen LogP contribution < -0.4 is 4.74 Å². The van der Waals surface area contributed by atoms with E-state index in [-0.39, 0.29) is 48.2 Å². The predicted octanol–water partition coefficient (Wildman–Crippen LogP) is 5.10. The van der Waals surface area contributed by atoms with Gasteiger partial charge in [0, 0.05) is 23.5 Å². The maximum Gasteiger partial charge on any atom is 0.306 e. The van der Waals surface area contributed by atoms with Gasteiger partial charge in [-0.25, -0.2) is 8.42 Å². The van der Waals surface area contributed by atoms with Crippen LogP contribution in [0.4, 0.5) is 0 Å². The highest BCUT2D eigenvalue weighted by molar-refractivity contribution is 7.89. The molecule has 4 rings (SSSR count). The Morgan fingerprint density at radius 1 is 1.24 bits per heavy atom. The molecule has 0 aliphatic carbocycles. The number of hydrogen-bond acceptors (Lipinski definition) is 8. The van der Waals surface area contributed by atoms with Gasteiger partial charge in [0.05, 0.1) is 31.1 Å². The first-order valence-electron chi connectivity index (χ1n) is 12.5. The van der Waals surface area contributed by atoms with E-state index >= 15 is 0 Å². The normalized spacial score (nSPS) is 17.6. The number of methoxy groups -OCH3 is 1. The highest BCUT2D eigenvalue weighted by Gasteiger charge is 2.35. The average Bonchev–Trinajstić information content (AvgIpc) is 3.35. The topological polar surface area (TPSA) is 103 Å². The van der Waals surface area contributed by atoms with E-state index in [1.54, 1.807) is 12.1 Å². The number of sulfonamides is 1. The molecule has 3 aromatic rings. The fourth-order valence-electron chi connectivity index (χ4n) is 4.59. The third-order valence-electron chi connectivity index (χ3n) is 6.71. The first kappa shape index (κ1) is 27.9. The van der Waals surface area contributed by atoms with Crippen molar-refractivity contribution in [1.29, 1.82) is 0 Å². The van der Waals surface area contributed by atoms with Crippen LogP contribution in [0.25, 0.3) is 0 Å². The lowest BCUT2D eigenvalue weighted by molar-refractivity contribution is -0.140. The monoisotopic (exact) mass is 556 g/mol. The largest absolute Gasteiger partial charge is 0.488 e. The Kier molecular flexibility index (Phi) is 8.64. The van der Waals surface area contributed by atoms with Crippen LogP contribution in [0, 0.1) is 6.92 Å². The summed E-state index contributed by atoms with van der Waals surface area (Å²) in [5.74, 6) is -0.411. The van der Waals surface area contributed by atoms with Gasteiger partial charge in [-0.05, 0) is 55.2 Å². The molecular formula is C28H32N2O6S2. The molecule has 3 heterocycles. The van der Waals surface area contributed by atoms with Crippen molar-refractivity contribution in [2.75, 3.05) is 13.7 Å². The Bertz CT molecular complexity index is 1430. The van der Waals surface area contributed by atoms with Crippen molar-refractivity contribution in [1.82, 2.24) is 9.29 Å². The second kappa shape index (κ2) is 11.8. The fourth-order valence-corrected chi connectivity index (χ4v) is 7.14. The first-order valence-corrected chi connectivity index (χ1v) is 14.8. The highest BCUT2D eigenvalue weighted by atomic mass is 32.2. The molecule has 1 aliphatic heterocycles. The number of nitrogens with zero attached hydrogens (tertiary/aromatic N) is 2. The standard InChI is InChI=1S/C28H32N2O6S2/c1-5-6-22-17-30(38(33,34)27-15-29-12-11-24(27)36-22)16-21-13-20(8-7-18(21)2)23(14-28(32)35-4)26-10-9-25(37-26)19(3)31/h7-13,15,22-23H,5-6,14,16-17H2,1-4H3/t22-,23?/m1/s1. The molecule has 2 atom stereocenters. The van der Waals surface area contributed by atoms with Crippen LogP contribution in [0.2, 0.25) is 0 Å². The number of esters is 1. The molecule has 8 nitrogen and oxygen atoms in total. The first-order chi connectivity index (χ1) is 18.1. The number of ether oxygens (including phenoxy) is 2. The van der Waals surface area contributed by atoms with E-state index < -0.39 is 10.0 Å². The summed E-state index contributed by atoms with van der Waals surface area (Å²) in [4.78, 5) is 29.8. The number of carbonyl (C=O) groups excluding carboxylic acids is 2. The number of rotatable bonds is 9. The lowest BCUT2D eigenvalue weighted by Crippen LogP contribution is -2.36. The highest BCUT2D eigenvalue weighted by Crippen LogP contribution is 2.36. The number of Topliss-reactive ketones (excluding diaryl/α,β-unsaturated/α-hetero) is 1. The summed E-state index contributed by atoms with van der Waals surface area (Å²) in [6.07, 6.45) is 4.25. The number of aromatic nitrogens is 1. The van der Waals surface area contributed by atoms with Gasteiger partial charge in [0.1, 0.15) is 16.7 Å². The summed E-state index contributed by atoms with van der Waals surface area (Å²) in [6.45, 7) is 5.85. The number of hydrogen-bond donors (Lipinski definition) is 0. The maximum atomic E-state index is 13.7.